The van der Waals surface area contributed by atoms with Gasteiger partial charge in [0.05, 0.1) is 21.8 Å². The molecule has 0 fully saturated rings. The fraction of sp³-hybridized carbons (Fsp3) is 0.130. The molecule has 0 saturated heterocycles. The number of aromatic carboxylic acids is 1. The number of carbonyl (C=O) groups is 2. The van der Waals surface area contributed by atoms with Crippen LogP contribution in [0.1, 0.15) is 20.7 Å². The van der Waals surface area contributed by atoms with Crippen LogP contribution in [0, 0.1) is 5.82 Å². The topological polar surface area (TPSA) is 66.8 Å². The van der Waals surface area contributed by atoms with Gasteiger partial charge in [0.25, 0.3) is 5.91 Å². The predicted octanol–water partition coefficient (Wildman–Crippen LogP) is 6.72. The molecule has 0 spiro atoms. The number of carboxylic acids is 1. The van der Waals surface area contributed by atoms with E-state index >= 15 is 0 Å². The molecule has 0 heterocycles. The number of carbonyl (C=O) groups excluding carboxylic acids is 1. The normalized spacial score (nSPS) is 11.3. The minimum atomic E-state index is -4.69. The molecule has 178 valence electrons. The standard InChI is InChI=1S/C23H15Cl2F4NO4/c1-30(21(31)20-16(25)3-2-4-17(20)26)18-8-6-12(10-19(18)34-11-23(27,28)29)14-9-13(22(32)33)5-7-15(14)24/h2-10H,11H2,1H3,(H,32,33). The minimum absolute atomic E-state index is 0.0947. The van der Waals surface area contributed by atoms with Gasteiger partial charge in [0, 0.05) is 17.6 Å². The van der Waals surface area contributed by atoms with Crippen molar-refractivity contribution < 1.29 is 37.0 Å². The molecule has 3 aromatic carbocycles. The fourth-order valence-corrected chi connectivity index (χ4v) is 3.56. The van der Waals surface area contributed by atoms with Gasteiger partial charge in [0.1, 0.15) is 11.6 Å². The SMILES string of the molecule is CN(C(=O)c1c(F)cccc1Cl)c1ccc(-c2cc(C(=O)O)ccc2Cl)cc1OCC(F)(F)F. The van der Waals surface area contributed by atoms with Crippen molar-refractivity contribution in [3.63, 3.8) is 0 Å². The second-order valence-electron chi connectivity index (χ2n) is 7.05. The Kier molecular flexibility index (Phi) is 7.38. The van der Waals surface area contributed by atoms with E-state index in [2.05, 4.69) is 0 Å². The Morgan fingerprint density at radius 2 is 1.74 bits per heavy atom. The van der Waals surface area contributed by atoms with Gasteiger partial charge in [-0.1, -0.05) is 35.3 Å². The Hall–Kier alpha value is -3.30. The number of nitrogens with zero attached hydrogens (tertiary/aromatic N) is 1. The van der Waals surface area contributed by atoms with Crippen molar-refractivity contribution in [3.8, 4) is 16.9 Å². The van der Waals surface area contributed by atoms with Gasteiger partial charge in [-0.05, 0) is 48.0 Å². The van der Waals surface area contributed by atoms with E-state index in [0.717, 1.165) is 11.0 Å². The zero-order chi connectivity index (χ0) is 25.2. The van der Waals surface area contributed by atoms with Gasteiger partial charge in [-0.3, -0.25) is 4.79 Å². The summed E-state index contributed by atoms with van der Waals surface area (Å²) in [6.45, 7) is -1.67. The molecule has 5 nitrogen and oxygen atoms in total. The molecule has 0 aliphatic carbocycles. The van der Waals surface area contributed by atoms with Gasteiger partial charge < -0.3 is 14.7 Å². The molecule has 0 radical (unpaired) electrons. The molecule has 3 aromatic rings. The van der Waals surface area contributed by atoms with E-state index in [1.807, 2.05) is 0 Å². The summed E-state index contributed by atoms with van der Waals surface area (Å²) in [4.78, 5) is 25.1. The van der Waals surface area contributed by atoms with Crippen molar-refractivity contribution in [2.45, 2.75) is 6.18 Å². The third kappa shape index (κ3) is 5.60. The quantitative estimate of drug-likeness (QED) is 0.370. The van der Waals surface area contributed by atoms with Crippen molar-refractivity contribution in [3.05, 3.63) is 81.6 Å². The van der Waals surface area contributed by atoms with E-state index in [0.29, 0.717) is 0 Å². The number of halogens is 6. The molecule has 1 amide bonds. The van der Waals surface area contributed by atoms with E-state index < -0.39 is 36.0 Å². The van der Waals surface area contributed by atoms with Crippen molar-refractivity contribution in [2.24, 2.45) is 0 Å². The lowest BCUT2D eigenvalue weighted by Gasteiger charge is -2.23. The number of alkyl halides is 3. The summed E-state index contributed by atoms with van der Waals surface area (Å²) >= 11 is 12.1. The summed E-state index contributed by atoms with van der Waals surface area (Å²) in [5.41, 5.74) is -0.213. The first-order chi connectivity index (χ1) is 15.9. The first-order valence-electron chi connectivity index (χ1n) is 9.48. The molecule has 0 bridgehead atoms. The molecule has 11 heteroatoms. The van der Waals surface area contributed by atoms with E-state index in [4.69, 9.17) is 27.9 Å². The highest BCUT2D eigenvalue weighted by Gasteiger charge is 2.30. The lowest BCUT2D eigenvalue weighted by Crippen LogP contribution is -2.28. The Labute approximate surface area is 201 Å². The van der Waals surface area contributed by atoms with Gasteiger partial charge >= 0.3 is 12.1 Å². The van der Waals surface area contributed by atoms with Crippen LogP contribution in [0.5, 0.6) is 5.75 Å². The van der Waals surface area contributed by atoms with Crippen molar-refractivity contribution in [2.75, 3.05) is 18.6 Å². The molecule has 0 atom stereocenters. The number of anilines is 1. The summed E-state index contributed by atoms with van der Waals surface area (Å²) in [6.07, 6.45) is -4.69. The van der Waals surface area contributed by atoms with Crippen LogP contribution in [0.25, 0.3) is 11.1 Å². The molecule has 3 rings (SSSR count). The van der Waals surface area contributed by atoms with E-state index in [1.54, 1.807) is 0 Å². The summed E-state index contributed by atoms with van der Waals surface area (Å²) in [5.74, 6) is -3.42. The lowest BCUT2D eigenvalue weighted by atomic mass is 10.0. The van der Waals surface area contributed by atoms with Crippen LogP contribution < -0.4 is 9.64 Å². The highest BCUT2D eigenvalue weighted by molar-refractivity contribution is 6.34. The van der Waals surface area contributed by atoms with Gasteiger partial charge in [0.2, 0.25) is 0 Å². The van der Waals surface area contributed by atoms with Crippen LogP contribution in [0.2, 0.25) is 10.0 Å². The van der Waals surface area contributed by atoms with Gasteiger partial charge in [-0.25, -0.2) is 9.18 Å². The molecule has 34 heavy (non-hydrogen) atoms. The third-order valence-corrected chi connectivity index (χ3v) is 5.36. The summed E-state index contributed by atoms with van der Waals surface area (Å²) in [5, 5.41) is 9.19. The highest BCUT2D eigenvalue weighted by atomic mass is 35.5. The van der Waals surface area contributed by atoms with Crippen LogP contribution in [0.15, 0.2) is 54.6 Å². The highest BCUT2D eigenvalue weighted by Crippen LogP contribution is 2.38. The maximum absolute atomic E-state index is 14.2. The molecule has 0 aromatic heterocycles. The molecule has 0 aliphatic heterocycles. The zero-order valence-corrected chi connectivity index (χ0v) is 18.8. The van der Waals surface area contributed by atoms with Crippen molar-refractivity contribution in [1.82, 2.24) is 0 Å². The van der Waals surface area contributed by atoms with Crippen LogP contribution >= 0.6 is 23.2 Å². The van der Waals surface area contributed by atoms with Crippen molar-refractivity contribution in [1.29, 1.82) is 0 Å². The predicted molar refractivity (Wildman–Crippen MR) is 120 cm³/mol. The largest absolute Gasteiger partial charge is 0.482 e. The molecular weight excluding hydrogens is 501 g/mol. The van der Waals surface area contributed by atoms with Crippen molar-refractivity contribution >= 4 is 40.8 Å². The third-order valence-electron chi connectivity index (χ3n) is 4.72. The van der Waals surface area contributed by atoms with Crippen LogP contribution in [-0.2, 0) is 0 Å². The zero-order valence-electron chi connectivity index (χ0n) is 17.3. The van der Waals surface area contributed by atoms with Crippen LogP contribution in [-0.4, -0.2) is 36.8 Å². The van der Waals surface area contributed by atoms with E-state index in [-0.39, 0.29) is 38.2 Å². The molecule has 0 saturated carbocycles. The molecular formula is C23H15Cl2F4NO4. The van der Waals surface area contributed by atoms with E-state index in [9.17, 15) is 32.3 Å². The Morgan fingerprint density at radius 1 is 1.03 bits per heavy atom. The Balaban J connectivity index is 2.10. The van der Waals surface area contributed by atoms with Gasteiger partial charge in [-0.2, -0.15) is 13.2 Å². The molecule has 1 N–H and O–H groups in total. The summed E-state index contributed by atoms with van der Waals surface area (Å²) < 4.78 is 57.8. The number of rotatable bonds is 6. The maximum Gasteiger partial charge on any atom is 0.422 e. The monoisotopic (exact) mass is 515 g/mol. The van der Waals surface area contributed by atoms with Gasteiger partial charge in [0.15, 0.2) is 6.61 Å². The van der Waals surface area contributed by atoms with E-state index in [1.165, 1.54) is 55.6 Å². The number of carboxylic acid groups (broad SMARTS) is 1. The van der Waals surface area contributed by atoms with Gasteiger partial charge in [-0.15, -0.1) is 0 Å². The number of hydrogen-bond acceptors (Lipinski definition) is 3. The first kappa shape index (κ1) is 25.3. The first-order valence-corrected chi connectivity index (χ1v) is 10.2. The van der Waals surface area contributed by atoms with Crippen LogP contribution in [0.4, 0.5) is 23.2 Å². The number of benzene rings is 3. The molecule has 0 unspecified atom stereocenters. The average Bonchev–Trinajstić information content (AvgIpc) is 2.76. The summed E-state index contributed by atoms with van der Waals surface area (Å²) in [6, 6.07) is 11.3. The van der Waals surface area contributed by atoms with Crippen LogP contribution in [0.3, 0.4) is 0 Å². The number of ether oxygens (including phenoxy) is 1. The Bertz CT molecular complexity index is 1240. The second-order valence-corrected chi connectivity index (χ2v) is 7.86. The number of amides is 1. The maximum atomic E-state index is 14.2. The lowest BCUT2D eigenvalue weighted by molar-refractivity contribution is -0.153. The minimum Gasteiger partial charge on any atom is -0.482 e. The smallest absolute Gasteiger partial charge is 0.422 e. The Morgan fingerprint density at radius 3 is 2.35 bits per heavy atom. The summed E-state index contributed by atoms with van der Waals surface area (Å²) in [7, 11) is 1.22. The second kappa shape index (κ2) is 9.90. The number of hydrogen-bond donors (Lipinski definition) is 1. The molecule has 0 aliphatic rings. The fourth-order valence-electron chi connectivity index (χ4n) is 3.09. The average molecular weight is 516 g/mol.